The molecule has 1 saturated heterocycles. The number of methoxy groups -OCH3 is 1. The van der Waals surface area contributed by atoms with Gasteiger partial charge in [0.1, 0.15) is 6.04 Å². The lowest BCUT2D eigenvalue weighted by atomic mass is 10.1. The minimum Gasteiger partial charge on any atom is -0.380 e. The second kappa shape index (κ2) is 3.91. The Bertz CT molecular complexity index is 521. The van der Waals surface area contributed by atoms with Crippen LogP contribution in [0.1, 0.15) is 6.42 Å². The molecule has 1 aromatic rings. The van der Waals surface area contributed by atoms with Crippen LogP contribution in [0, 0.1) is 11.6 Å². The van der Waals surface area contributed by atoms with Crippen LogP contribution in [0.2, 0.25) is 0 Å². The third kappa shape index (κ3) is 1.56. The molecule has 0 aromatic heterocycles. The van der Waals surface area contributed by atoms with Crippen molar-refractivity contribution in [3.63, 3.8) is 0 Å². The normalized spacial score (nSPS) is 25.7. The van der Waals surface area contributed by atoms with Crippen molar-refractivity contribution in [3.05, 3.63) is 23.8 Å². The number of rotatable bonds is 1. The molecule has 2 aliphatic heterocycles. The van der Waals surface area contributed by atoms with Crippen LogP contribution in [0.15, 0.2) is 12.1 Å². The van der Waals surface area contributed by atoms with Crippen LogP contribution in [-0.2, 0) is 9.53 Å². The summed E-state index contributed by atoms with van der Waals surface area (Å²) < 4.78 is 31.7. The second-order valence-corrected chi connectivity index (χ2v) is 4.53. The Morgan fingerprint density at radius 3 is 2.83 bits per heavy atom. The van der Waals surface area contributed by atoms with Crippen molar-refractivity contribution in [3.8, 4) is 0 Å². The van der Waals surface area contributed by atoms with Crippen LogP contribution in [0.4, 0.5) is 20.2 Å². The van der Waals surface area contributed by atoms with Crippen LogP contribution >= 0.6 is 0 Å². The predicted molar refractivity (Wildman–Crippen MR) is 61.5 cm³/mol. The van der Waals surface area contributed by atoms with E-state index in [-0.39, 0.29) is 18.1 Å². The molecular formula is C12H12F2N2O2. The summed E-state index contributed by atoms with van der Waals surface area (Å²) in [6.07, 6.45) is 0.487. The lowest BCUT2D eigenvalue weighted by Gasteiger charge is -2.32. The molecule has 18 heavy (non-hydrogen) atoms. The summed E-state index contributed by atoms with van der Waals surface area (Å²) in [4.78, 5) is 13.6. The Labute approximate surface area is 103 Å². The van der Waals surface area contributed by atoms with Gasteiger partial charge < -0.3 is 15.0 Å². The number of anilines is 2. The molecule has 0 aliphatic carbocycles. The molecular weight excluding hydrogens is 242 g/mol. The maximum Gasteiger partial charge on any atom is 0.247 e. The molecule has 2 heterocycles. The van der Waals surface area contributed by atoms with Gasteiger partial charge in [-0.1, -0.05) is 0 Å². The first kappa shape index (κ1) is 11.4. The van der Waals surface area contributed by atoms with E-state index in [4.69, 9.17) is 4.74 Å². The summed E-state index contributed by atoms with van der Waals surface area (Å²) in [5.74, 6) is -2.08. The van der Waals surface area contributed by atoms with Crippen molar-refractivity contribution in [2.24, 2.45) is 0 Å². The smallest absolute Gasteiger partial charge is 0.247 e. The van der Waals surface area contributed by atoms with Gasteiger partial charge in [-0.3, -0.25) is 4.79 Å². The van der Waals surface area contributed by atoms with Gasteiger partial charge in [0.25, 0.3) is 0 Å². The number of nitrogens with one attached hydrogen (secondary N) is 1. The molecule has 0 spiro atoms. The van der Waals surface area contributed by atoms with E-state index in [1.807, 2.05) is 0 Å². The zero-order valence-corrected chi connectivity index (χ0v) is 9.74. The molecule has 1 aromatic carbocycles. The Kier molecular flexibility index (Phi) is 2.48. The molecule has 4 nitrogen and oxygen atoms in total. The number of nitrogens with zero attached hydrogens (tertiary/aromatic N) is 1. The van der Waals surface area contributed by atoms with Crippen molar-refractivity contribution in [2.45, 2.75) is 18.6 Å². The number of benzene rings is 1. The topological polar surface area (TPSA) is 41.6 Å². The number of hydrogen-bond acceptors (Lipinski definition) is 3. The molecule has 0 saturated carbocycles. The van der Waals surface area contributed by atoms with Gasteiger partial charge in [0, 0.05) is 32.2 Å². The average Bonchev–Trinajstić information content (AvgIpc) is 2.77. The third-order valence-corrected chi connectivity index (χ3v) is 3.50. The highest BCUT2D eigenvalue weighted by Crippen LogP contribution is 2.38. The zero-order valence-electron chi connectivity index (χ0n) is 9.74. The molecule has 0 bridgehead atoms. The summed E-state index contributed by atoms with van der Waals surface area (Å²) >= 11 is 0. The summed E-state index contributed by atoms with van der Waals surface area (Å²) in [5, 5.41) is 2.60. The summed E-state index contributed by atoms with van der Waals surface area (Å²) in [6, 6.07) is 1.76. The number of fused-ring (bicyclic) bond motifs is 3. The first-order valence-corrected chi connectivity index (χ1v) is 5.69. The third-order valence-electron chi connectivity index (χ3n) is 3.50. The Morgan fingerprint density at radius 2 is 2.11 bits per heavy atom. The minimum absolute atomic E-state index is 0.0696. The van der Waals surface area contributed by atoms with Crippen molar-refractivity contribution in [2.75, 3.05) is 23.9 Å². The molecule has 1 amide bonds. The lowest BCUT2D eigenvalue weighted by molar-refractivity contribution is -0.117. The minimum atomic E-state index is -0.963. The SMILES string of the molecule is COC1CC2C(=O)Nc3cc(F)c(F)cc3N2C1. The number of carbonyl (C=O) groups excluding carboxylic acids is 1. The van der Waals surface area contributed by atoms with Crippen LogP contribution < -0.4 is 10.2 Å². The van der Waals surface area contributed by atoms with E-state index in [0.29, 0.717) is 24.3 Å². The van der Waals surface area contributed by atoms with Gasteiger partial charge in [-0.2, -0.15) is 0 Å². The standard InChI is InChI=1S/C12H12F2N2O2/c1-18-6-2-11-12(17)15-9-3-7(13)8(14)4-10(9)16(11)5-6/h3-4,6,11H,2,5H2,1H3,(H,15,17). The van der Waals surface area contributed by atoms with Crippen LogP contribution in [-0.4, -0.2) is 31.7 Å². The molecule has 6 heteroatoms. The molecule has 2 atom stereocenters. The highest BCUT2D eigenvalue weighted by atomic mass is 19.2. The number of halogens is 2. The monoisotopic (exact) mass is 254 g/mol. The summed E-state index contributed by atoms with van der Waals surface area (Å²) in [6.45, 7) is 0.507. The second-order valence-electron chi connectivity index (χ2n) is 4.53. The van der Waals surface area contributed by atoms with E-state index in [2.05, 4.69) is 5.32 Å². The van der Waals surface area contributed by atoms with E-state index in [9.17, 15) is 13.6 Å². The average molecular weight is 254 g/mol. The first-order chi connectivity index (χ1) is 8.60. The van der Waals surface area contributed by atoms with Crippen molar-refractivity contribution < 1.29 is 18.3 Å². The van der Waals surface area contributed by atoms with Gasteiger partial charge in [-0.05, 0) is 0 Å². The van der Waals surface area contributed by atoms with E-state index in [1.165, 1.54) is 0 Å². The Morgan fingerprint density at radius 1 is 1.39 bits per heavy atom. The molecule has 2 unspecified atom stereocenters. The molecule has 1 fully saturated rings. The van der Waals surface area contributed by atoms with Crippen LogP contribution in [0.5, 0.6) is 0 Å². The van der Waals surface area contributed by atoms with Crippen molar-refractivity contribution in [1.29, 1.82) is 0 Å². The fourth-order valence-corrected chi connectivity index (χ4v) is 2.57. The quantitative estimate of drug-likeness (QED) is 0.826. The fraction of sp³-hybridized carbons (Fsp3) is 0.417. The molecule has 96 valence electrons. The van der Waals surface area contributed by atoms with Gasteiger partial charge >= 0.3 is 0 Å². The van der Waals surface area contributed by atoms with Crippen LogP contribution in [0.3, 0.4) is 0 Å². The number of ether oxygens (including phenoxy) is 1. The van der Waals surface area contributed by atoms with E-state index in [0.717, 1.165) is 12.1 Å². The van der Waals surface area contributed by atoms with Crippen molar-refractivity contribution >= 4 is 17.3 Å². The van der Waals surface area contributed by atoms with Gasteiger partial charge in [0.2, 0.25) is 5.91 Å². The largest absolute Gasteiger partial charge is 0.380 e. The van der Waals surface area contributed by atoms with Crippen LogP contribution in [0.25, 0.3) is 0 Å². The lowest BCUT2D eigenvalue weighted by Crippen LogP contribution is -2.44. The highest BCUT2D eigenvalue weighted by molar-refractivity contribution is 6.04. The first-order valence-electron chi connectivity index (χ1n) is 5.69. The Hall–Kier alpha value is -1.69. The fourth-order valence-electron chi connectivity index (χ4n) is 2.57. The predicted octanol–water partition coefficient (Wildman–Crippen LogP) is 1.51. The Balaban J connectivity index is 2.05. The van der Waals surface area contributed by atoms with E-state index >= 15 is 0 Å². The van der Waals surface area contributed by atoms with Gasteiger partial charge in [-0.15, -0.1) is 0 Å². The number of amides is 1. The molecule has 0 radical (unpaired) electrons. The summed E-state index contributed by atoms with van der Waals surface area (Å²) in [5.41, 5.74) is 0.824. The highest BCUT2D eigenvalue weighted by Gasteiger charge is 2.41. The van der Waals surface area contributed by atoms with E-state index < -0.39 is 11.6 Å². The number of hydrogen-bond donors (Lipinski definition) is 1. The van der Waals surface area contributed by atoms with Crippen molar-refractivity contribution in [1.82, 2.24) is 0 Å². The maximum absolute atomic E-state index is 13.3. The molecule has 2 aliphatic rings. The van der Waals surface area contributed by atoms with Gasteiger partial charge in [0.15, 0.2) is 11.6 Å². The maximum atomic E-state index is 13.3. The number of carbonyl (C=O) groups is 1. The molecule has 3 rings (SSSR count). The zero-order chi connectivity index (χ0) is 12.9. The summed E-state index contributed by atoms with van der Waals surface area (Å²) in [7, 11) is 1.58. The van der Waals surface area contributed by atoms with Gasteiger partial charge in [0.05, 0.1) is 17.5 Å². The van der Waals surface area contributed by atoms with E-state index in [1.54, 1.807) is 12.0 Å². The van der Waals surface area contributed by atoms with Gasteiger partial charge in [-0.25, -0.2) is 8.78 Å². The molecule has 1 N–H and O–H groups in total.